The molecule has 1 aromatic rings. The molecule has 6 nitrogen and oxygen atoms in total. The van der Waals surface area contributed by atoms with Crippen molar-refractivity contribution < 1.29 is 23.1 Å². The maximum absolute atomic E-state index is 13.2. The Hall–Kier alpha value is -2.22. The van der Waals surface area contributed by atoms with Crippen LogP contribution in [0.1, 0.15) is 29.6 Å². The lowest BCUT2D eigenvalue weighted by Gasteiger charge is -2.52. The zero-order valence-corrected chi connectivity index (χ0v) is 14.7. The molecule has 2 aliphatic rings. The van der Waals surface area contributed by atoms with E-state index in [1.807, 2.05) is 7.05 Å². The van der Waals surface area contributed by atoms with Crippen LogP contribution in [-0.4, -0.2) is 60.9 Å². The minimum Gasteiger partial charge on any atom is -0.434 e. The van der Waals surface area contributed by atoms with E-state index in [0.29, 0.717) is 32.4 Å². The van der Waals surface area contributed by atoms with Crippen LogP contribution in [0.2, 0.25) is 0 Å². The third-order valence-electron chi connectivity index (χ3n) is 5.55. The zero-order chi connectivity index (χ0) is 18.9. The van der Waals surface area contributed by atoms with Crippen molar-refractivity contribution in [2.24, 2.45) is 11.1 Å². The van der Waals surface area contributed by atoms with E-state index in [2.05, 4.69) is 9.64 Å². The second-order valence-corrected chi connectivity index (χ2v) is 7.03. The minimum absolute atomic E-state index is 0.0706. The summed E-state index contributed by atoms with van der Waals surface area (Å²) in [4.78, 5) is 29.1. The number of ether oxygens (including phenoxy) is 1. The highest BCUT2D eigenvalue weighted by atomic mass is 19.3. The molecule has 0 saturated carbocycles. The van der Waals surface area contributed by atoms with Crippen LogP contribution in [0.4, 0.5) is 8.78 Å². The van der Waals surface area contributed by atoms with Crippen molar-refractivity contribution in [1.29, 1.82) is 0 Å². The first-order valence-corrected chi connectivity index (χ1v) is 8.68. The van der Waals surface area contributed by atoms with Crippen LogP contribution in [0.25, 0.3) is 0 Å². The molecule has 2 N–H and O–H groups in total. The predicted molar refractivity (Wildman–Crippen MR) is 90.9 cm³/mol. The molecule has 142 valence electrons. The number of carbonyl (C=O) groups is 2. The van der Waals surface area contributed by atoms with Crippen LogP contribution < -0.4 is 10.5 Å². The SMILES string of the molecule is CN1CC[C@]2(C(N)=O)CCCN(C(=O)c3ccccc3OC(F)F)[C@H]2C1. The number of hydrogen-bond acceptors (Lipinski definition) is 4. The van der Waals surface area contributed by atoms with Crippen molar-refractivity contribution in [3.63, 3.8) is 0 Å². The number of benzene rings is 1. The molecule has 3 rings (SSSR count). The molecular formula is C18H23F2N3O3. The molecule has 8 heteroatoms. The number of nitrogens with zero attached hydrogens (tertiary/aromatic N) is 2. The van der Waals surface area contributed by atoms with Gasteiger partial charge in [-0.3, -0.25) is 9.59 Å². The van der Waals surface area contributed by atoms with Gasteiger partial charge in [0.25, 0.3) is 5.91 Å². The maximum Gasteiger partial charge on any atom is 0.387 e. The molecule has 2 amide bonds. The van der Waals surface area contributed by atoms with Crippen molar-refractivity contribution in [3.05, 3.63) is 29.8 Å². The van der Waals surface area contributed by atoms with Gasteiger partial charge in [0.15, 0.2) is 0 Å². The summed E-state index contributed by atoms with van der Waals surface area (Å²) >= 11 is 0. The van der Waals surface area contributed by atoms with E-state index in [0.717, 1.165) is 6.54 Å². The fraction of sp³-hybridized carbons (Fsp3) is 0.556. The smallest absolute Gasteiger partial charge is 0.387 e. The first-order chi connectivity index (χ1) is 12.3. The summed E-state index contributed by atoms with van der Waals surface area (Å²) in [6.45, 7) is -1.31. The molecule has 2 atom stereocenters. The number of amides is 2. The van der Waals surface area contributed by atoms with Gasteiger partial charge in [-0.15, -0.1) is 0 Å². The van der Waals surface area contributed by atoms with Crippen LogP contribution in [0.5, 0.6) is 5.75 Å². The van der Waals surface area contributed by atoms with Gasteiger partial charge in [0, 0.05) is 13.1 Å². The van der Waals surface area contributed by atoms with Gasteiger partial charge >= 0.3 is 6.61 Å². The topological polar surface area (TPSA) is 75.9 Å². The van der Waals surface area contributed by atoms with Crippen LogP contribution in [0.15, 0.2) is 24.3 Å². The number of primary amides is 1. The highest BCUT2D eigenvalue weighted by molar-refractivity contribution is 5.98. The number of nitrogens with two attached hydrogens (primary N) is 1. The fourth-order valence-electron chi connectivity index (χ4n) is 4.18. The van der Waals surface area contributed by atoms with Crippen LogP contribution in [0.3, 0.4) is 0 Å². The van der Waals surface area contributed by atoms with Crippen LogP contribution in [-0.2, 0) is 4.79 Å². The first kappa shape index (κ1) is 18.6. The predicted octanol–water partition coefficient (Wildman–Crippen LogP) is 1.70. The van der Waals surface area contributed by atoms with E-state index in [4.69, 9.17) is 5.73 Å². The Bertz CT molecular complexity index is 700. The summed E-state index contributed by atoms with van der Waals surface area (Å²) in [5, 5.41) is 0. The number of halogens is 2. The van der Waals surface area contributed by atoms with E-state index >= 15 is 0 Å². The van der Waals surface area contributed by atoms with E-state index < -0.39 is 23.8 Å². The van der Waals surface area contributed by atoms with Crippen LogP contribution >= 0.6 is 0 Å². The highest BCUT2D eigenvalue weighted by Crippen LogP contribution is 2.43. The quantitative estimate of drug-likeness (QED) is 0.879. The molecule has 0 unspecified atom stereocenters. The van der Waals surface area contributed by atoms with Gasteiger partial charge in [-0.2, -0.15) is 8.78 Å². The number of alkyl halides is 2. The molecule has 0 radical (unpaired) electrons. The van der Waals surface area contributed by atoms with E-state index in [9.17, 15) is 18.4 Å². The molecule has 0 spiro atoms. The van der Waals surface area contributed by atoms with Gasteiger partial charge in [-0.25, -0.2) is 0 Å². The average molecular weight is 367 g/mol. The van der Waals surface area contributed by atoms with Crippen molar-refractivity contribution >= 4 is 11.8 Å². The number of likely N-dealkylation sites (N-methyl/N-ethyl adjacent to an activating group) is 1. The number of para-hydroxylation sites is 1. The summed E-state index contributed by atoms with van der Waals surface area (Å²) in [6.07, 6.45) is 1.87. The molecule has 2 heterocycles. The Morgan fingerprint density at radius 3 is 2.69 bits per heavy atom. The summed E-state index contributed by atoms with van der Waals surface area (Å²) in [5.41, 5.74) is 5.04. The number of piperidine rings is 2. The third-order valence-corrected chi connectivity index (χ3v) is 5.55. The summed E-state index contributed by atoms with van der Waals surface area (Å²) < 4.78 is 29.9. The molecule has 26 heavy (non-hydrogen) atoms. The van der Waals surface area contributed by atoms with Gasteiger partial charge in [-0.05, 0) is 45.0 Å². The maximum atomic E-state index is 13.2. The Labute approximate surface area is 150 Å². The Morgan fingerprint density at radius 1 is 1.27 bits per heavy atom. The molecule has 2 fully saturated rings. The lowest BCUT2D eigenvalue weighted by atomic mass is 9.67. The largest absolute Gasteiger partial charge is 0.434 e. The molecule has 0 bridgehead atoms. The standard InChI is InChI=1S/C18H23F2N3O3/c1-22-10-8-18(16(21)25)7-4-9-23(14(18)11-22)15(24)12-5-2-3-6-13(12)26-17(19)20/h2-3,5-6,14,17H,4,7-11H2,1H3,(H2,21,25)/t14-,18+/m0/s1. The van der Waals surface area contributed by atoms with E-state index in [1.54, 1.807) is 11.0 Å². The second kappa shape index (κ2) is 7.19. The van der Waals surface area contributed by atoms with Crippen molar-refractivity contribution in [3.8, 4) is 5.75 Å². The lowest BCUT2D eigenvalue weighted by Crippen LogP contribution is -2.65. The number of rotatable bonds is 4. The van der Waals surface area contributed by atoms with Gasteiger partial charge in [-0.1, -0.05) is 12.1 Å². The van der Waals surface area contributed by atoms with Gasteiger partial charge in [0.1, 0.15) is 5.75 Å². The molecule has 2 saturated heterocycles. The van der Waals surface area contributed by atoms with Crippen molar-refractivity contribution in [2.45, 2.75) is 31.9 Å². The second-order valence-electron chi connectivity index (χ2n) is 7.03. The third kappa shape index (κ3) is 3.25. The highest BCUT2D eigenvalue weighted by Gasteiger charge is 2.52. The lowest BCUT2D eigenvalue weighted by molar-refractivity contribution is -0.138. The normalized spacial score (nSPS) is 26.5. The van der Waals surface area contributed by atoms with Gasteiger partial charge < -0.3 is 20.3 Å². The molecule has 0 aliphatic carbocycles. The van der Waals surface area contributed by atoms with Crippen molar-refractivity contribution in [2.75, 3.05) is 26.7 Å². The number of hydrogen-bond donors (Lipinski definition) is 1. The first-order valence-electron chi connectivity index (χ1n) is 8.68. The monoisotopic (exact) mass is 367 g/mol. The zero-order valence-electron chi connectivity index (χ0n) is 14.7. The Kier molecular flexibility index (Phi) is 5.13. The van der Waals surface area contributed by atoms with Gasteiger partial charge in [0.2, 0.25) is 5.91 Å². The Morgan fingerprint density at radius 2 is 2.00 bits per heavy atom. The summed E-state index contributed by atoms with van der Waals surface area (Å²) in [5.74, 6) is -0.969. The number of likely N-dealkylation sites (tertiary alicyclic amines) is 2. The van der Waals surface area contributed by atoms with E-state index in [-0.39, 0.29) is 17.4 Å². The fourth-order valence-corrected chi connectivity index (χ4v) is 4.18. The Balaban J connectivity index is 1.95. The summed E-state index contributed by atoms with van der Waals surface area (Å²) in [6, 6.07) is 5.57. The average Bonchev–Trinajstić information content (AvgIpc) is 2.60. The van der Waals surface area contributed by atoms with E-state index in [1.165, 1.54) is 18.2 Å². The molecule has 2 aliphatic heterocycles. The molecule has 1 aromatic carbocycles. The number of fused-ring (bicyclic) bond motifs is 1. The minimum atomic E-state index is -3.02. The van der Waals surface area contributed by atoms with Gasteiger partial charge in [0.05, 0.1) is 17.0 Å². The van der Waals surface area contributed by atoms with Crippen molar-refractivity contribution in [1.82, 2.24) is 9.80 Å². The van der Waals surface area contributed by atoms with Crippen LogP contribution in [0, 0.1) is 5.41 Å². The molecular weight excluding hydrogens is 344 g/mol. The number of carbonyl (C=O) groups excluding carboxylic acids is 2. The molecule has 0 aromatic heterocycles. The summed E-state index contributed by atoms with van der Waals surface area (Å²) in [7, 11) is 1.93.